The molecule has 7 nitrogen and oxygen atoms in total. The largest absolute Gasteiger partial charge is 0.390 e. The third-order valence-corrected chi connectivity index (χ3v) is 8.27. The van der Waals surface area contributed by atoms with Crippen molar-refractivity contribution in [3.05, 3.63) is 58.1 Å². The Labute approximate surface area is 229 Å². The molecule has 2 aromatic rings. The molecule has 0 radical (unpaired) electrons. The van der Waals surface area contributed by atoms with Gasteiger partial charge < -0.3 is 30.5 Å². The number of rotatable bonds is 8. The van der Waals surface area contributed by atoms with Gasteiger partial charge in [0.2, 0.25) is 0 Å². The van der Waals surface area contributed by atoms with E-state index in [0.29, 0.717) is 42.7 Å². The van der Waals surface area contributed by atoms with E-state index in [4.69, 9.17) is 33.7 Å². The highest BCUT2D eigenvalue weighted by Crippen LogP contribution is 2.46. The van der Waals surface area contributed by atoms with Crippen LogP contribution in [0.15, 0.2) is 42.5 Å². The molecule has 2 fully saturated rings. The summed E-state index contributed by atoms with van der Waals surface area (Å²) in [4.78, 5) is 16.7. The molecule has 37 heavy (non-hydrogen) atoms. The number of aliphatic hydroxyl groups excluding tert-OH is 1. The number of β-amino-alcohol motifs (C(OH)–C–C–N with tert-alkyl or cyclic N) is 1. The molecule has 1 unspecified atom stereocenters. The van der Waals surface area contributed by atoms with Crippen molar-refractivity contribution in [2.45, 2.75) is 49.9 Å². The molecule has 0 saturated carbocycles. The Morgan fingerprint density at radius 2 is 1.92 bits per heavy atom. The molecule has 0 bridgehead atoms. The summed E-state index contributed by atoms with van der Waals surface area (Å²) < 4.78 is 5.25. The zero-order valence-corrected chi connectivity index (χ0v) is 22.8. The maximum Gasteiger partial charge on any atom is 0.320 e. The van der Waals surface area contributed by atoms with Gasteiger partial charge in [-0.15, -0.1) is 0 Å². The molecule has 4 N–H and O–H groups in total. The Morgan fingerprint density at radius 3 is 2.62 bits per heavy atom. The Bertz CT molecular complexity index is 1080. The van der Waals surface area contributed by atoms with E-state index >= 15 is 0 Å². The van der Waals surface area contributed by atoms with Crippen LogP contribution in [0.5, 0.6) is 0 Å². The smallest absolute Gasteiger partial charge is 0.320 e. The van der Waals surface area contributed by atoms with E-state index in [2.05, 4.69) is 0 Å². The van der Waals surface area contributed by atoms with Gasteiger partial charge in [-0.05, 0) is 61.4 Å². The van der Waals surface area contributed by atoms with Crippen molar-refractivity contribution in [1.29, 1.82) is 0 Å². The molecule has 2 heterocycles. The number of carbonyl (C=O) groups excluding carboxylic acids is 1. The van der Waals surface area contributed by atoms with Crippen LogP contribution in [0, 0.1) is 5.92 Å². The lowest BCUT2D eigenvalue weighted by Crippen LogP contribution is -2.52. The molecule has 9 heteroatoms. The standard InChI is InChI=1S/C28H37Cl2N3O4/c1-37-14-3-2-12-28(36,22-10-5-11-23(30)26(22)19-7-4-9-21(29)15-19)20-8-6-13-32(16-20)27(35)33-17-24(31)25(34)18-33/h4-5,7,9-11,15,20,24-25,34,36H,2-3,6,8,12-14,16-18,31H2,1H3/t20?,24-,25+,28+/m1/s1. The Balaban J connectivity index is 1.68. The summed E-state index contributed by atoms with van der Waals surface area (Å²) in [7, 11) is 1.67. The fourth-order valence-electron chi connectivity index (χ4n) is 5.73. The molecule has 2 saturated heterocycles. The minimum absolute atomic E-state index is 0.139. The maximum absolute atomic E-state index is 13.3. The number of methoxy groups -OCH3 is 1. The number of hydrogen-bond donors (Lipinski definition) is 3. The number of aliphatic hydroxyl groups is 2. The average Bonchev–Trinajstić information content (AvgIpc) is 3.23. The fourth-order valence-corrected chi connectivity index (χ4v) is 6.20. The summed E-state index contributed by atoms with van der Waals surface area (Å²) in [5, 5.41) is 23.7. The third-order valence-electron chi connectivity index (χ3n) is 7.72. The van der Waals surface area contributed by atoms with Crippen LogP contribution in [0.4, 0.5) is 4.79 Å². The first-order chi connectivity index (χ1) is 17.7. The van der Waals surface area contributed by atoms with Crippen molar-refractivity contribution in [2.75, 3.05) is 39.9 Å². The summed E-state index contributed by atoms with van der Waals surface area (Å²) in [5.41, 5.74) is 7.07. The lowest BCUT2D eigenvalue weighted by atomic mass is 9.72. The summed E-state index contributed by atoms with van der Waals surface area (Å²) in [5.74, 6) is -0.203. The van der Waals surface area contributed by atoms with Gasteiger partial charge in [0.1, 0.15) is 0 Å². The Hall–Kier alpha value is -1.87. The molecule has 2 aliphatic heterocycles. The molecular weight excluding hydrogens is 513 g/mol. The highest BCUT2D eigenvalue weighted by Gasteiger charge is 2.44. The first kappa shape index (κ1) is 28.1. The number of carbonyl (C=O) groups is 1. The first-order valence-electron chi connectivity index (χ1n) is 13.0. The predicted molar refractivity (Wildman–Crippen MR) is 147 cm³/mol. The number of likely N-dealkylation sites (tertiary alicyclic amines) is 2. The second kappa shape index (κ2) is 12.3. The van der Waals surface area contributed by atoms with Crippen LogP contribution in [-0.2, 0) is 10.3 Å². The molecule has 0 aromatic heterocycles. The van der Waals surface area contributed by atoms with Gasteiger partial charge in [-0.3, -0.25) is 0 Å². The molecule has 4 atom stereocenters. The first-order valence-corrected chi connectivity index (χ1v) is 13.7. The number of unbranched alkanes of at least 4 members (excludes halogenated alkanes) is 1. The van der Waals surface area contributed by atoms with Crippen molar-refractivity contribution < 1.29 is 19.7 Å². The normalized spacial score (nSPS) is 23.8. The maximum atomic E-state index is 13.3. The lowest BCUT2D eigenvalue weighted by molar-refractivity contribution is -0.0571. The van der Waals surface area contributed by atoms with Crippen molar-refractivity contribution >= 4 is 29.2 Å². The molecular formula is C28H37Cl2N3O4. The van der Waals surface area contributed by atoms with E-state index < -0.39 is 17.7 Å². The van der Waals surface area contributed by atoms with Gasteiger partial charge in [-0.1, -0.05) is 47.5 Å². The Kier molecular flexibility index (Phi) is 9.38. The number of urea groups is 1. The highest BCUT2D eigenvalue weighted by atomic mass is 35.5. The zero-order chi connectivity index (χ0) is 26.6. The van der Waals surface area contributed by atoms with Crippen molar-refractivity contribution in [3.8, 4) is 11.1 Å². The fraction of sp³-hybridized carbons (Fsp3) is 0.536. The molecule has 2 aliphatic rings. The average molecular weight is 551 g/mol. The zero-order valence-electron chi connectivity index (χ0n) is 21.3. The predicted octanol–water partition coefficient (Wildman–Crippen LogP) is 4.50. The Morgan fingerprint density at radius 1 is 1.14 bits per heavy atom. The van der Waals surface area contributed by atoms with Gasteiger partial charge in [0.25, 0.3) is 0 Å². The summed E-state index contributed by atoms with van der Waals surface area (Å²) in [6.45, 7) is 2.18. The lowest BCUT2D eigenvalue weighted by Gasteiger charge is -2.44. The SMILES string of the molecule is COCCCC[C@@](O)(c1cccc(Cl)c1-c1cccc(Cl)c1)C1CCCN(C(=O)N2C[C@@H](N)[C@@H](O)C2)C1. The number of nitrogens with two attached hydrogens (primary N) is 1. The minimum atomic E-state index is -1.23. The summed E-state index contributed by atoms with van der Waals surface area (Å²) in [6.07, 6.45) is 2.90. The monoisotopic (exact) mass is 549 g/mol. The number of halogens is 2. The van der Waals surface area contributed by atoms with E-state index in [1.54, 1.807) is 16.9 Å². The number of amides is 2. The second-order valence-electron chi connectivity index (χ2n) is 10.3. The van der Waals surface area contributed by atoms with Crippen LogP contribution in [0.2, 0.25) is 10.0 Å². The van der Waals surface area contributed by atoms with Gasteiger partial charge in [-0.2, -0.15) is 0 Å². The molecule has 202 valence electrons. The number of ether oxygens (including phenoxy) is 1. The van der Waals surface area contributed by atoms with Gasteiger partial charge in [-0.25, -0.2) is 4.79 Å². The quantitative estimate of drug-likeness (QED) is 0.421. The number of nitrogens with zero attached hydrogens (tertiary/aromatic N) is 2. The third kappa shape index (κ3) is 6.24. The van der Waals surface area contributed by atoms with Crippen LogP contribution >= 0.6 is 23.2 Å². The molecule has 0 spiro atoms. The topological polar surface area (TPSA) is 99.3 Å². The van der Waals surface area contributed by atoms with E-state index in [1.807, 2.05) is 42.5 Å². The molecule has 2 amide bonds. The summed E-state index contributed by atoms with van der Waals surface area (Å²) in [6, 6.07) is 12.5. The van der Waals surface area contributed by atoms with E-state index in [1.165, 1.54) is 0 Å². The minimum Gasteiger partial charge on any atom is -0.390 e. The molecule has 4 rings (SSSR count). The van der Waals surface area contributed by atoms with Gasteiger partial charge in [0.05, 0.1) is 11.7 Å². The van der Waals surface area contributed by atoms with Crippen LogP contribution in [0.1, 0.15) is 37.7 Å². The molecule has 2 aromatic carbocycles. The molecule has 0 aliphatic carbocycles. The van der Waals surface area contributed by atoms with Crippen LogP contribution in [0.25, 0.3) is 11.1 Å². The highest BCUT2D eigenvalue weighted by molar-refractivity contribution is 6.34. The van der Waals surface area contributed by atoms with Gasteiger partial charge >= 0.3 is 6.03 Å². The van der Waals surface area contributed by atoms with Crippen molar-refractivity contribution in [1.82, 2.24) is 9.80 Å². The van der Waals surface area contributed by atoms with Crippen molar-refractivity contribution in [2.24, 2.45) is 11.7 Å². The van der Waals surface area contributed by atoms with Crippen molar-refractivity contribution in [3.63, 3.8) is 0 Å². The van der Waals surface area contributed by atoms with E-state index in [0.717, 1.165) is 42.4 Å². The summed E-state index contributed by atoms with van der Waals surface area (Å²) >= 11 is 13.1. The second-order valence-corrected chi connectivity index (χ2v) is 11.1. The number of benzene rings is 2. The number of hydrogen-bond acceptors (Lipinski definition) is 5. The van der Waals surface area contributed by atoms with Gasteiger partial charge in [0.15, 0.2) is 0 Å². The van der Waals surface area contributed by atoms with Gasteiger partial charge in [0, 0.05) is 67.5 Å². The van der Waals surface area contributed by atoms with E-state index in [9.17, 15) is 15.0 Å². The van der Waals surface area contributed by atoms with E-state index in [-0.39, 0.29) is 18.5 Å². The van der Waals surface area contributed by atoms with Crippen LogP contribution < -0.4 is 5.73 Å². The number of piperidine rings is 1. The van der Waals surface area contributed by atoms with Crippen LogP contribution in [0.3, 0.4) is 0 Å². The van der Waals surface area contributed by atoms with Crippen LogP contribution in [-0.4, -0.2) is 78.1 Å².